The largest absolute Gasteiger partial charge is 0.351 e. The van der Waals surface area contributed by atoms with Gasteiger partial charge in [-0.2, -0.15) is 9.40 Å². The van der Waals surface area contributed by atoms with Crippen LogP contribution in [0.1, 0.15) is 36.2 Å². The molecule has 3 rings (SSSR count). The van der Waals surface area contributed by atoms with Crippen LogP contribution in [0.2, 0.25) is 0 Å². The molecule has 2 aromatic heterocycles. The Morgan fingerprint density at radius 3 is 2.67 bits per heavy atom. The van der Waals surface area contributed by atoms with Crippen LogP contribution in [0, 0.1) is 13.8 Å². The van der Waals surface area contributed by atoms with Gasteiger partial charge in [0, 0.05) is 25.0 Å². The lowest BCUT2D eigenvalue weighted by Crippen LogP contribution is -2.51. The third-order valence-corrected chi connectivity index (χ3v) is 5.97. The summed E-state index contributed by atoms with van der Waals surface area (Å²) in [5.74, 6) is 0.453. The number of hydrogen-bond donors (Lipinski definition) is 1. The summed E-state index contributed by atoms with van der Waals surface area (Å²) < 4.78 is 26.9. The number of nitrogens with zero attached hydrogens (tertiary/aromatic N) is 4. The number of carbonyl (C=O) groups excluding carboxylic acids is 1. The highest BCUT2D eigenvalue weighted by Crippen LogP contribution is 2.20. The Bertz CT molecular complexity index is 921. The van der Waals surface area contributed by atoms with Crippen molar-refractivity contribution >= 4 is 15.9 Å². The second-order valence-corrected chi connectivity index (χ2v) is 8.90. The van der Waals surface area contributed by atoms with Crippen LogP contribution in [0.5, 0.6) is 0 Å². The quantitative estimate of drug-likeness (QED) is 0.829. The van der Waals surface area contributed by atoms with Crippen molar-refractivity contribution in [3.05, 3.63) is 41.3 Å². The molecule has 1 N–H and O–H groups in total. The topological polar surface area (TPSA) is 97.2 Å². The minimum atomic E-state index is -3.39. The van der Waals surface area contributed by atoms with E-state index < -0.39 is 16.1 Å². The number of sulfonamides is 1. The fraction of sp³-hybridized carbons (Fsp3) is 0.500. The predicted octanol–water partition coefficient (Wildman–Crippen LogP) is 1.31. The number of amides is 1. The zero-order chi connectivity index (χ0) is 19.6. The van der Waals surface area contributed by atoms with Gasteiger partial charge in [-0.05, 0) is 44.4 Å². The Balaban J connectivity index is 1.64. The summed E-state index contributed by atoms with van der Waals surface area (Å²) in [4.78, 5) is 16.9. The second kappa shape index (κ2) is 7.77. The fourth-order valence-corrected chi connectivity index (χ4v) is 4.50. The van der Waals surface area contributed by atoms with Crippen molar-refractivity contribution in [2.45, 2.75) is 45.7 Å². The molecule has 3 heterocycles. The van der Waals surface area contributed by atoms with Crippen molar-refractivity contribution in [3.63, 3.8) is 0 Å². The minimum absolute atomic E-state index is 0.261. The lowest BCUT2D eigenvalue weighted by molar-refractivity contribution is -0.125. The molecular formula is C18H25N5O3S. The number of hydrogen-bond acceptors (Lipinski definition) is 5. The Kier molecular flexibility index (Phi) is 5.61. The Labute approximate surface area is 159 Å². The first-order valence-corrected chi connectivity index (χ1v) is 10.8. The molecule has 1 saturated heterocycles. The molecule has 0 unspecified atom stereocenters. The summed E-state index contributed by atoms with van der Waals surface area (Å²) in [6.45, 7) is 4.60. The summed E-state index contributed by atoms with van der Waals surface area (Å²) in [6, 6.07) is 5.09. The number of nitrogens with one attached hydrogen (secondary N) is 1. The number of pyridine rings is 1. The van der Waals surface area contributed by atoms with Gasteiger partial charge in [-0.1, -0.05) is 12.5 Å². The monoisotopic (exact) mass is 391 g/mol. The van der Waals surface area contributed by atoms with Crippen LogP contribution in [-0.2, 0) is 21.4 Å². The summed E-state index contributed by atoms with van der Waals surface area (Å²) in [6.07, 6.45) is 5.03. The Hall–Kier alpha value is -2.26. The molecule has 1 aliphatic rings. The molecule has 9 heteroatoms. The lowest BCUT2D eigenvalue weighted by atomic mass is 10.0. The fourth-order valence-electron chi connectivity index (χ4n) is 3.38. The average molecular weight is 391 g/mol. The highest BCUT2D eigenvalue weighted by atomic mass is 32.2. The molecule has 0 saturated carbocycles. The molecule has 1 atom stereocenters. The van der Waals surface area contributed by atoms with Crippen molar-refractivity contribution in [3.8, 4) is 5.82 Å². The molecule has 0 aromatic carbocycles. The Morgan fingerprint density at radius 2 is 2.07 bits per heavy atom. The van der Waals surface area contributed by atoms with Gasteiger partial charge in [0.15, 0.2) is 5.82 Å². The van der Waals surface area contributed by atoms with E-state index in [2.05, 4.69) is 15.4 Å². The number of aromatic nitrogens is 3. The van der Waals surface area contributed by atoms with Crippen molar-refractivity contribution in [2.24, 2.45) is 0 Å². The van der Waals surface area contributed by atoms with E-state index >= 15 is 0 Å². The van der Waals surface area contributed by atoms with E-state index in [-0.39, 0.29) is 5.91 Å². The summed E-state index contributed by atoms with van der Waals surface area (Å²) in [7, 11) is -3.39. The summed E-state index contributed by atoms with van der Waals surface area (Å²) in [5, 5.41) is 7.24. The molecule has 146 valence electrons. The first-order chi connectivity index (χ1) is 12.8. The molecule has 0 radical (unpaired) electrons. The van der Waals surface area contributed by atoms with Crippen LogP contribution >= 0.6 is 0 Å². The van der Waals surface area contributed by atoms with Crippen molar-refractivity contribution in [1.29, 1.82) is 0 Å². The van der Waals surface area contributed by atoms with Crippen LogP contribution in [0.3, 0.4) is 0 Å². The number of aryl methyl sites for hydroxylation is 2. The van der Waals surface area contributed by atoms with E-state index in [0.717, 1.165) is 36.0 Å². The summed E-state index contributed by atoms with van der Waals surface area (Å²) >= 11 is 0. The molecule has 1 amide bonds. The van der Waals surface area contributed by atoms with E-state index in [4.69, 9.17) is 0 Å². The number of piperidine rings is 1. The normalized spacial score (nSPS) is 18.4. The predicted molar refractivity (Wildman–Crippen MR) is 102 cm³/mol. The molecule has 2 aromatic rings. The zero-order valence-electron chi connectivity index (χ0n) is 15.8. The van der Waals surface area contributed by atoms with E-state index in [1.54, 1.807) is 10.9 Å². The number of rotatable bonds is 5. The Morgan fingerprint density at radius 1 is 1.30 bits per heavy atom. The third-order valence-electron chi connectivity index (χ3n) is 4.68. The van der Waals surface area contributed by atoms with Crippen LogP contribution in [0.4, 0.5) is 0 Å². The molecule has 0 aliphatic carbocycles. The standard InChI is InChI=1S/C18H25N5O3S/c1-13-10-14(2)23(21-13)17-8-7-15(11-19-17)12-20-18(24)16-6-4-5-9-22(16)27(3,25)26/h7-8,10-11,16H,4-6,9,12H2,1-3H3,(H,20,24)/t16-/m0/s1. The van der Waals surface area contributed by atoms with Gasteiger partial charge in [-0.3, -0.25) is 4.79 Å². The van der Waals surface area contributed by atoms with Gasteiger partial charge in [0.1, 0.15) is 6.04 Å². The van der Waals surface area contributed by atoms with Crippen LogP contribution in [0.25, 0.3) is 5.82 Å². The highest BCUT2D eigenvalue weighted by molar-refractivity contribution is 7.88. The summed E-state index contributed by atoms with van der Waals surface area (Å²) in [5.41, 5.74) is 2.77. The van der Waals surface area contributed by atoms with Gasteiger partial charge in [-0.25, -0.2) is 18.1 Å². The maximum absolute atomic E-state index is 12.5. The van der Waals surface area contributed by atoms with Gasteiger partial charge >= 0.3 is 0 Å². The third kappa shape index (κ3) is 4.54. The molecule has 27 heavy (non-hydrogen) atoms. The molecule has 0 bridgehead atoms. The molecule has 0 spiro atoms. The average Bonchev–Trinajstić information content (AvgIpc) is 2.97. The van der Waals surface area contributed by atoms with Crippen molar-refractivity contribution in [1.82, 2.24) is 24.4 Å². The molecule has 1 fully saturated rings. The first-order valence-electron chi connectivity index (χ1n) is 8.99. The van der Waals surface area contributed by atoms with Gasteiger partial charge in [0.2, 0.25) is 15.9 Å². The maximum Gasteiger partial charge on any atom is 0.238 e. The highest BCUT2D eigenvalue weighted by Gasteiger charge is 2.34. The minimum Gasteiger partial charge on any atom is -0.351 e. The van der Waals surface area contributed by atoms with Gasteiger partial charge in [0.05, 0.1) is 11.9 Å². The van der Waals surface area contributed by atoms with Crippen LogP contribution < -0.4 is 5.32 Å². The zero-order valence-corrected chi connectivity index (χ0v) is 16.7. The SMILES string of the molecule is Cc1cc(C)n(-c2ccc(CNC(=O)[C@@H]3CCCCN3S(C)(=O)=O)cn2)n1. The van der Waals surface area contributed by atoms with Gasteiger partial charge in [0.25, 0.3) is 0 Å². The first kappa shape index (κ1) is 19.5. The van der Waals surface area contributed by atoms with E-state index in [1.807, 2.05) is 32.0 Å². The molecule has 8 nitrogen and oxygen atoms in total. The van der Waals surface area contributed by atoms with Crippen molar-refractivity contribution in [2.75, 3.05) is 12.8 Å². The van der Waals surface area contributed by atoms with E-state index in [1.165, 1.54) is 4.31 Å². The van der Waals surface area contributed by atoms with E-state index in [0.29, 0.717) is 25.3 Å². The van der Waals surface area contributed by atoms with Gasteiger partial charge < -0.3 is 5.32 Å². The lowest BCUT2D eigenvalue weighted by Gasteiger charge is -2.32. The molecule has 1 aliphatic heterocycles. The van der Waals surface area contributed by atoms with Gasteiger partial charge in [-0.15, -0.1) is 0 Å². The van der Waals surface area contributed by atoms with Crippen LogP contribution in [0.15, 0.2) is 24.4 Å². The molecular weight excluding hydrogens is 366 g/mol. The second-order valence-electron chi connectivity index (χ2n) is 6.97. The maximum atomic E-state index is 12.5. The van der Waals surface area contributed by atoms with Crippen LogP contribution in [-0.4, -0.2) is 52.2 Å². The van der Waals surface area contributed by atoms with Crippen molar-refractivity contribution < 1.29 is 13.2 Å². The smallest absolute Gasteiger partial charge is 0.238 e. The number of carbonyl (C=O) groups is 1. The van der Waals surface area contributed by atoms with E-state index in [9.17, 15) is 13.2 Å².